The van der Waals surface area contributed by atoms with Crippen LogP contribution in [0.25, 0.3) is 10.9 Å². The molecule has 1 aliphatic carbocycles. The number of aryl methyl sites for hydroxylation is 1. The third-order valence-corrected chi connectivity index (χ3v) is 5.11. The number of hydrogen-bond acceptors (Lipinski definition) is 2. The van der Waals surface area contributed by atoms with Gasteiger partial charge in [0, 0.05) is 28.7 Å². The van der Waals surface area contributed by atoms with Gasteiger partial charge in [0.1, 0.15) is 12.4 Å². The minimum absolute atomic E-state index is 0. The number of likely N-dealkylation sites (N-methyl/N-ethyl adjacent to an activating group) is 1. The number of benzene rings is 2. The van der Waals surface area contributed by atoms with Crippen LogP contribution in [0.5, 0.6) is 5.75 Å². The average molecular weight is 393 g/mol. The van der Waals surface area contributed by atoms with Crippen molar-refractivity contribution in [3.05, 3.63) is 65.4 Å². The fourth-order valence-corrected chi connectivity index (χ4v) is 3.66. The van der Waals surface area contributed by atoms with Crippen LogP contribution in [-0.4, -0.2) is 30.0 Å². The summed E-state index contributed by atoms with van der Waals surface area (Å²) >= 11 is 0. The van der Waals surface area contributed by atoms with Crippen molar-refractivity contribution in [2.45, 2.75) is 31.9 Å². The molecule has 0 spiro atoms. The van der Waals surface area contributed by atoms with Gasteiger partial charge in [0.05, 0.1) is 0 Å². The molecule has 2 aromatic carbocycles. The topological polar surface area (TPSA) is 28.3 Å². The third kappa shape index (κ3) is 4.17. The first-order valence-electron chi connectivity index (χ1n) is 8.67. The molecule has 3 aromatic rings. The van der Waals surface area contributed by atoms with Crippen molar-refractivity contribution in [2.24, 2.45) is 0 Å². The zero-order valence-corrected chi connectivity index (χ0v) is 16.8. The average Bonchev–Trinajstić information content (AvgIpc) is 2.97. The smallest absolute Gasteiger partial charge is 0.121 e. The maximum absolute atomic E-state index is 5.96. The van der Waals surface area contributed by atoms with Gasteiger partial charge in [-0.3, -0.25) is 0 Å². The highest BCUT2D eigenvalue weighted by atomic mass is 35.5. The molecule has 26 heavy (non-hydrogen) atoms. The van der Waals surface area contributed by atoms with Crippen LogP contribution in [-0.2, 0) is 19.4 Å². The van der Waals surface area contributed by atoms with Crippen LogP contribution in [0.1, 0.15) is 23.2 Å². The lowest BCUT2D eigenvalue weighted by Crippen LogP contribution is -2.33. The molecule has 0 saturated carbocycles. The third-order valence-electron chi connectivity index (χ3n) is 5.11. The van der Waals surface area contributed by atoms with Crippen molar-refractivity contribution in [1.82, 2.24) is 9.88 Å². The molecule has 0 fully saturated rings. The molecule has 0 saturated heterocycles. The molecule has 1 N–H and O–H groups in total. The van der Waals surface area contributed by atoms with Crippen LogP contribution in [0.4, 0.5) is 0 Å². The summed E-state index contributed by atoms with van der Waals surface area (Å²) in [4.78, 5) is 5.96. The lowest BCUT2D eigenvalue weighted by Gasteiger charge is -2.28. The summed E-state index contributed by atoms with van der Waals surface area (Å²) in [7, 11) is 4.36. The van der Waals surface area contributed by atoms with Crippen molar-refractivity contribution in [3.63, 3.8) is 0 Å². The van der Waals surface area contributed by atoms with E-state index in [0.717, 1.165) is 18.6 Å². The fraction of sp³-hybridized carbons (Fsp3) is 0.333. The quantitative estimate of drug-likeness (QED) is 0.675. The van der Waals surface area contributed by atoms with Gasteiger partial charge in [0.2, 0.25) is 0 Å². The van der Waals surface area contributed by atoms with Gasteiger partial charge < -0.3 is 14.6 Å². The molecule has 1 atom stereocenters. The maximum Gasteiger partial charge on any atom is 0.121 e. The zero-order chi connectivity index (χ0) is 16.5. The number of nitrogens with one attached hydrogen (secondary N) is 1. The van der Waals surface area contributed by atoms with Gasteiger partial charge in [-0.05, 0) is 56.6 Å². The van der Waals surface area contributed by atoms with Crippen molar-refractivity contribution in [1.29, 1.82) is 0 Å². The first-order valence-corrected chi connectivity index (χ1v) is 8.67. The van der Waals surface area contributed by atoms with E-state index in [1.807, 2.05) is 18.2 Å². The molecular formula is C21H26Cl2N2O. The number of hydrogen-bond donors (Lipinski definition) is 1. The second-order valence-corrected chi connectivity index (χ2v) is 6.92. The molecule has 0 amide bonds. The molecule has 0 bridgehead atoms. The molecule has 140 valence electrons. The van der Waals surface area contributed by atoms with Crippen LogP contribution in [0.3, 0.4) is 0 Å². The van der Waals surface area contributed by atoms with E-state index in [1.165, 1.54) is 34.1 Å². The predicted molar refractivity (Wildman–Crippen MR) is 113 cm³/mol. The monoisotopic (exact) mass is 392 g/mol. The zero-order valence-electron chi connectivity index (χ0n) is 15.2. The Hall–Kier alpha value is -1.68. The van der Waals surface area contributed by atoms with Crippen LogP contribution in [0.2, 0.25) is 0 Å². The molecule has 1 aliphatic rings. The molecule has 0 radical (unpaired) electrons. The highest BCUT2D eigenvalue weighted by Gasteiger charge is 2.23. The Bertz CT molecular complexity index is 846. The number of aromatic amines is 1. The molecule has 0 aliphatic heterocycles. The van der Waals surface area contributed by atoms with E-state index in [0.29, 0.717) is 12.6 Å². The molecule has 5 heteroatoms. The number of halogens is 2. The van der Waals surface area contributed by atoms with Gasteiger partial charge in [-0.1, -0.05) is 30.3 Å². The summed E-state index contributed by atoms with van der Waals surface area (Å²) in [6.07, 6.45) is 3.49. The summed E-state index contributed by atoms with van der Waals surface area (Å²) in [6, 6.07) is 17.4. The Morgan fingerprint density at radius 1 is 1.08 bits per heavy atom. The minimum atomic E-state index is 0. The van der Waals surface area contributed by atoms with Gasteiger partial charge in [0.15, 0.2) is 0 Å². The maximum atomic E-state index is 5.96. The van der Waals surface area contributed by atoms with E-state index in [-0.39, 0.29) is 24.8 Å². The Kier molecular flexibility index (Phi) is 6.99. The van der Waals surface area contributed by atoms with Crippen molar-refractivity contribution in [3.8, 4) is 5.75 Å². The Morgan fingerprint density at radius 3 is 2.58 bits per heavy atom. The molecule has 1 unspecified atom stereocenters. The van der Waals surface area contributed by atoms with Gasteiger partial charge in [-0.25, -0.2) is 0 Å². The van der Waals surface area contributed by atoms with Gasteiger partial charge >= 0.3 is 0 Å². The highest BCUT2D eigenvalue weighted by Crippen LogP contribution is 2.32. The van der Waals surface area contributed by atoms with Crippen LogP contribution >= 0.6 is 24.8 Å². The SMILES string of the molecule is CN(C)C1CCc2[nH]c3cc(OCc4ccccc4)ccc3c2C1.Cl.Cl. The van der Waals surface area contributed by atoms with Crippen LogP contribution in [0.15, 0.2) is 48.5 Å². The lowest BCUT2D eigenvalue weighted by atomic mass is 9.91. The van der Waals surface area contributed by atoms with E-state index in [2.05, 4.69) is 54.3 Å². The number of nitrogens with zero attached hydrogens (tertiary/aromatic N) is 1. The van der Waals surface area contributed by atoms with E-state index >= 15 is 0 Å². The summed E-state index contributed by atoms with van der Waals surface area (Å²) in [5.74, 6) is 0.925. The van der Waals surface area contributed by atoms with Crippen LogP contribution in [0, 0.1) is 0 Å². The molecule has 4 rings (SSSR count). The van der Waals surface area contributed by atoms with Crippen molar-refractivity contribution >= 4 is 35.7 Å². The standard InChI is InChI=1S/C21H24N2O.2ClH/c1-23(2)16-8-11-20-19(12-16)18-10-9-17(13-21(18)22-20)24-14-15-6-4-3-5-7-15;;/h3-7,9-10,13,16,22H,8,11-12,14H2,1-2H3;2*1H. The Labute approximate surface area is 167 Å². The first kappa shape index (κ1) is 20.6. The second kappa shape index (κ2) is 8.81. The summed E-state index contributed by atoms with van der Waals surface area (Å²) in [5, 5.41) is 1.35. The summed E-state index contributed by atoms with van der Waals surface area (Å²) in [5.41, 5.74) is 5.29. The van der Waals surface area contributed by atoms with E-state index < -0.39 is 0 Å². The predicted octanol–water partition coefficient (Wildman–Crippen LogP) is 5.01. The van der Waals surface area contributed by atoms with Crippen LogP contribution < -0.4 is 4.74 Å². The Morgan fingerprint density at radius 2 is 1.85 bits per heavy atom. The van der Waals surface area contributed by atoms with Gasteiger partial charge in [0.25, 0.3) is 0 Å². The van der Waals surface area contributed by atoms with E-state index in [1.54, 1.807) is 0 Å². The number of fused-ring (bicyclic) bond motifs is 3. The first-order chi connectivity index (χ1) is 11.7. The molecule has 3 nitrogen and oxygen atoms in total. The molecule has 1 heterocycles. The molecular weight excluding hydrogens is 367 g/mol. The lowest BCUT2D eigenvalue weighted by molar-refractivity contribution is 0.268. The van der Waals surface area contributed by atoms with Crippen molar-refractivity contribution in [2.75, 3.05) is 14.1 Å². The molecule has 1 aromatic heterocycles. The Balaban J connectivity index is 0.00000121. The summed E-state index contributed by atoms with van der Waals surface area (Å²) < 4.78 is 5.96. The van der Waals surface area contributed by atoms with Gasteiger partial charge in [-0.2, -0.15) is 0 Å². The number of ether oxygens (including phenoxy) is 1. The normalized spacial score (nSPS) is 15.9. The minimum Gasteiger partial charge on any atom is -0.489 e. The number of rotatable bonds is 4. The van der Waals surface area contributed by atoms with E-state index in [4.69, 9.17) is 4.74 Å². The van der Waals surface area contributed by atoms with Crippen molar-refractivity contribution < 1.29 is 4.74 Å². The highest BCUT2D eigenvalue weighted by molar-refractivity contribution is 5.86. The van der Waals surface area contributed by atoms with E-state index in [9.17, 15) is 0 Å². The van der Waals surface area contributed by atoms with Gasteiger partial charge in [-0.15, -0.1) is 24.8 Å². The largest absolute Gasteiger partial charge is 0.489 e. The summed E-state index contributed by atoms with van der Waals surface area (Å²) in [6.45, 7) is 0.607. The second-order valence-electron chi connectivity index (χ2n) is 6.92. The number of aromatic nitrogens is 1. The fourth-order valence-electron chi connectivity index (χ4n) is 3.66. The number of H-pyrrole nitrogens is 1.